The molecule has 3 heteroatoms. The molecule has 0 spiro atoms. The van der Waals surface area contributed by atoms with E-state index < -0.39 is 0 Å². The minimum Gasteiger partial charge on any atom is -0.433 e. The molecule has 0 aromatic carbocycles. The van der Waals surface area contributed by atoms with Crippen molar-refractivity contribution in [2.45, 2.75) is 0 Å². The van der Waals surface area contributed by atoms with Crippen molar-refractivity contribution in [2.24, 2.45) is 0 Å². The van der Waals surface area contributed by atoms with Gasteiger partial charge in [-0.3, -0.25) is 0 Å². The highest BCUT2D eigenvalue weighted by Gasteiger charge is 2.10. The van der Waals surface area contributed by atoms with E-state index in [9.17, 15) is 0 Å². The third-order valence-corrected chi connectivity index (χ3v) is 1.73. The molecule has 54 valence electrons. The van der Waals surface area contributed by atoms with E-state index in [1.807, 2.05) is 12.1 Å². The van der Waals surface area contributed by atoms with Gasteiger partial charge >= 0.3 is 11.6 Å². The molecule has 0 bridgehead atoms. The summed E-state index contributed by atoms with van der Waals surface area (Å²) >= 11 is 0. The highest BCUT2D eigenvalue weighted by molar-refractivity contribution is 6.00. The maximum atomic E-state index is 5.20. The van der Waals surface area contributed by atoms with Gasteiger partial charge in [0.2, 0.25) is 0 Å². The predicted octanol–water partition coefficient (Wildman–Crippen LogP) is 2.77. The topological polar surface area (TPSA) is 39.4 Å². The van der Waals surface area contributed by atoms with Crippen molar-refractivity contribution in [1.82, 2.24) is 0 Å². The van der Waals surface area contributed by atoms with E-state index in [4.69, 9.17) is 13.3 Å². The van der Waals surface area contributed by atoms with Crippen LogP contribution in [-0.4, -0.2) is 0 Å². The highest BCUT2D eigenvalue weighted by atomic mass is 16.5. The van der Waals surface area contributed by atoms with Gasteiger partial charge in [0.05, 0.1) is 23.3 Å². The van der Waals surface area contributed by atoms with Crippen LogP contribution in [0.1, 0.15) is 0 Å². The minimum absolute atomic E-state index is 0.527. The number of hydrogen-bond acceptors (Lipinski definition) is 3. The van der Waals surface area contributed by atoms with Crippen LogP contribution in [-0.2, 0) is 0 Å². The van der Waals surface area contributed by atoms with E-state index in [1.54, 1.807) is 12.5 Å². The van der Waals surface area contributed by atoms with Gasteiger partial charge in [0.15, 0.2) is 0 Å². The Hall–Kier alpha value is -1.64. The van der Waals surface area contributed by atoms with Crippen LogP contribution in [0.3, 0.4) is 0 Å². The third kappa shape index (κ3) is 0.487. The first kappa shape index (κ1) is 5.07. The summed E-state index contributed by atoms with van der Waals surface area (Å²) in [5, 5.41) is 1.93. The lowest BCUT2D eigenvalue weighted by atomic mass is 10.3. The third-order valence-electron chi connectivity index (χ3n) is 1.73. The van der Waals surface area contributed by atoms with Crippen LogP contribution in [0.4, 0.5) is 0 Å². The van der Waals surface area contributed by atoms with Gasteiger partial charge in [-0.1, -0.05) is 0 Å². The highest BCUT2D eigenvalue weighted by Crippen LogP contribution is 2.29. The SMILES string of the molecule is c1cc2c(o1)oc1occc12. The lowest BCUT2D eigenvalue weighted by Gasteiger charge is -1.71. The summed E-state index contributed by atoms with van der Waals surface area (Å²) < 4.78 is 15.3. The van der Waals surface area contributed by atoms with E-state index >= 15 is 0 Å². The number of fused-ring (bicyclic) bond motifs is 3. The first-order chi connectivity index (χ1) is 5.45. The zero-order valence-corrected chi connectivity index (χ0v) is 5.53. The van der Waals surface area contributed by atoms with Gasteiger partial charge in [0.25, 0.3) is 0 Å². The van der Waals surface area contributed by atoms with Gasteiger partial charge in [0.1, 0.15) is 0 Å². The standard InChI is InChI=1S/C8H4O3/c1-3-9-7-5(1)6-2-4-10-8(6)11-7/h1-4H. The Labute approximate surface area is 61.2 Å². The molecule has 0 atom stereocenters. The molecule has 3 aromatic heterocycles. The molecule has 3 rings (SSSR count). The Kier molecular flexibility index (Phi) is 0.692. The molecule has 3 nitrogen and oxygen atoms in total. The average Bonchev–Trinajstić information content (AvgIpc) is 2.52. The van der Waals surface area contributed by atoms with E-state index in [0.29, 0.717) is 11.6 Å². The predicted molar refractivity (Wildman–Crippen MR) is 38.3 cm³/mol. The fourth-order valence-corrected chi connectivity index (χ4v) is 1.23. The van der Waals surface area contributed by atoms with E-state index in [-0.39, 0.29) is 0 Å². The van der Waals surface area contributed by atoms with Crippen molar-refractivity contribution < 1.29 is 13.3 Å². The fourth-order valence-electron chi connectivity index (χ4n) is 1.23. The molecule has 0 amide bonds. The Bertz CT molecular complexity index is 452. The summed E-state index contributed by atoms with van der Waals surface area (Å²) in [6, 6.07) is 3.72. The summed E-state index contributed by atoms with van der Waals surface area (Å²) in [5.41, 5.74) is 0. The smallest absolute Gasteiger partial charge is 0.300 e. The second-order valence-electron chi connectivity index (χ2n) is 2.35. The van der Waals surface area contributed by atoms with Crippen molar-refractivity contribution in [2.75, 3.05) is 0 Å². The van der Waals surface area contributed by atoms with E-state index in [1.165, 1.54) is 0 Å². The molecule has 11 heavy (non-hydrogen) atoms. The molecule has 0 N–H and O–H groups in total. The molecule has 3 heterocycles. The van der Waals surface area contributed by atoms with E-state index in [0.717, 1.165) is 10.8 Å². The molecule has 0 unspecified atom stereocenters. The average molecular weight is 148 g/mol. The summed E-state index contributed by atoms with van der Waals surface area (Å²) in [6.07, 6.45) is 3.20. The summed E-state index contributed by atoms with van der Waals surface area (Å²) in [7, 11) is 0. The van der Waals surface area contributed by atoms with Gasteiger partial charge in [-0.05, 0) is 12.1 Å². The van der Waals surface area contributed by atoms with Crippen LogP contribution in [0, 0.1) is 0 Å². The number of hydrogen-bond donors (Lipinski definition) is 0. The van der Waals surface area contributed by atoms with Crippen molar-refractivity contribution in [3.8, 4) is 0 Å². The lowest BCUT2D eigenvalue weighted by molar-refractivity contribution is 0.443. The van der Waals surface area contributed by atoms with Crippen LogP contribution >= 0.6 is 0 Å². The lowest BCUT2D eigenvalue weighted by Crippen LogP contribution is -1.46. The van der Waals surface area contributed by atoms with Gasteiger partial charge in [0, 0.05) is 0 Å². The molecule has 0 aliphatic heterocycles. The van der Waals surface area contributed by atoms with Crippen molar-refractivity contribution in [1.29, 1.82) is 0 Å². The van der Waals surface area contributed by atoms with Crippen LogP contribution in [0.25, 0.3) is 22.3 Å². The first-order valence-electron chi connectivity index (χ1n) is 3.28. The van der Waals surface area contributed by atoms with Crippen molar-refractivity contribution >= 4 is 22.3 Å². The summed E-state index contributed by atoms with van der Waals surface area (Å²) in [4.78, 5) is 0. The van der Waals surface area contributed by atoms with E-state index in [2.05, 4.69) is 0 Å². The maximum Gasteiger partial charge on any atom is 0.300 e. The van der Waals surface area contributed by atoms with Gasteiger partial charge in [-0.15, -0.1) is 0 Å². The molecule has 0 fully saturated rings. The monoisotopic (exact) mass is 148 g/mol. The number of rotatable bonds is 0. The minimum atomic E-state index is 0.527. The van der Waals surface area contributed by atoms with Crippen LogP contribution in [0.15, 0.2) is 37.9 Å². The summed E-state index contributed by atoms with van der Waals surface area (Å²) in [5.74, 6) is 1.05. The van der Waals surface area contributed by atoms with Crippen molar-refractivity contribution in [3.05, 3.63) is 24.7 Å². The largest absolute Gasteiger partial charge is 0.433 e. The first-order valence-corrected chi connectivity index (χ1v) is 3.28. The second-order valence-corrected chi connectivity index (χ2v) is 2.35. The summed E-state index contributed by atoms with van der Waals surface area (Å²) in [6.45, 7) is 0. The molecule has 0 saturated carbocycles. The Morgan fingerprint density at radius 3 is 1.91 bits per heavy atom. The Morgan fingerprint density at radius 2 is 1.36 bits per heavy atom. The van der Waals surface area contributed by atoms with Gasteiger partial charge < -0.3 is 13.3 Å². The zero-order chi connectivity index (χ0) is 7.26. The van der Waals surface area contributed by atoms with Crippen LogP contribution < -0.4 is 0 Å². The molecular weight excluding hydrogens is 144 g/mol. The molecular formula is C8H4O3. The fraction of sp³-hybridized carbons (Fsp3) is 0. The van der Waals surface area contributed by atoms with Crippen LogP contribution in [0.2, 0.25) is 0 Å². The second kappa shape index (κ2) is 1.50. The maximum absolute atomic E-state index is 5.20. The van der Waals surface area contributed by atoms with Crippen molar-refractivity contribution in [3.63, 3.8) is 0 Å². The molecule has 0 aliphatic carbocycles. The zero-order valence-electron chi connectivity index (χ0n) is 5.53. The Morgan fingerprint density at radius 1 is 0.818 bits per heavy atom. The molecule has 0 saturated heterocycles. The normalized spacial score (nSPS) is 11.6. The molecule has 0 radical (unpaired) electrons. The quantitative estimate of drug-likeness (QED) is 0.492. The molecule has 0 aliphatic rings. The van der Waals surface area contributed by atoms with Gasteiger partial charge in [-0.2, -0.15) is 0 Å². The van der Waals surface area contributed by atoms with Crippen LogP contribution in [0.5, 0.6) is 0 Å². The Balaban J connectivity index is 2.75. The van der Waals surface area contributed by atoms with Gasteiger partial charge in [-0.25, -0.2) is 0 Å². The number of furan rings is 3. The molecule has 3 aromatic rings.